The molecule has 16 nitrogen and oxygen atoms in total. The molecule has 4 atom stereocenters. The van der Waals surface area contributed by atoms with Crippen molar-refractivity contribution >= 4 is 35.1 Å². The molecular weight excluding hydrogens is 844 g/mol. The molecule has 0 spiro atoms. The van der Waals surface area contributed by atoms with Gasteiger partial charge in [0.05, 0.1) is 24.7 Å². The van der Waals surface area contributed by atoms with E-state index in [-0.39, 0.29) is 47.4 Å². The molecule has 9 rings (SSSR count). The summed E-state index contributed by atoms with van der Waals surface area (Å²) in [4.78, 5) is 67.6. The van der Waals surface area contributed by atoms with Gasteiger partial charge in [0.25, 0.3) is 0 Å². The Kier molecular flexibility index (Phi) is 13.5. The van der Waals surface area contributed by atoms with Crippen LogP contribution in [0.15, 0.2) is 35.7 Å². The van der Waals surface area contributed by atoms with Gasteiger partial charge in [0.2, 0.25) is 23.6 Å². The van der Waals surface area contributed by atoms with Crippen molar-refractivity contribution in [2.24, 2.45) is 34.6 Å². The van der Waals surface area contributed by atoms with Crippen LogP contribution in [-0.4, -0.2) is 155 Å². The third-order valence-corrected chi connectivity index (χ3v) is 15.0. The standard InChI is InChI=1S/C46H62F3N11O5/c1-65-43-37(46(47,48)49)22-34(24-51-43)59-17-13-38-36(27-59)41(53-28-52-38)54-33-12-16-60(26-33)45(64)31-4-2-30(3-5-31)44(63)58-20-18-56(19-21-58)25-29-10-14-57(15-11-29)39-8-6-32(23-50-39)35-7-9-40(61)55-42(35)62/h6,8,22,24,28-33,35,42,62H,2-5,7,9-21,23,25-27H2,1H3,(H,55,61)(H,52,53,54)/t30?,31?,32?,33-,35?,42?/m0/s1. The number of piperidine rings is 2. The van der Waals surface area contributed by atoms with E-state index < -0.39 is 23.8 Å². The van der Waals surface area contributed by atoms with Crippen molar-refractivity contribution in [1.29, 1.82) is 0 Å². The molecular formula is C46H62F3N11O5. The number of hydrogen-bond acceptors (Lipinski definition) is 13. The van der Waals surface area contributed by atoms with Gasteiger partial charge in [-0.3, -0.25) is 24.3 Å². The SMILES string of the molecule is COc1ncc(N2CCc3ncnc(N[C@H]4CCN(C(=O)C5CCC(C(=O)N6CCN(CC7CCN(C8=NCC(C9CCC(=O)NC9O)C=C8)CC7)CC6)CC5)C4)c3C2)cc1C(F)(F)F. The first-order valence-corrected chi connectivity index (χ1v) is 23.6. The Morgan fingerprint density at radius 3 is 2.29 bits per heavy atom. The highest BCUT2D eigenvalue weighted by molar-refractivity contribution is 5.93. The number of nitrogens with zero attached hydrogens (tertiary/aromatic N) is 9. The molecule has 3 amide bonds. The lowest BCUT2D eigenvalue weighted by atomic mass is 9.80. The number of methoxy groups -OCH3 is 1. The second kappa shape index (κ2) is 19.4. The van der Waals surface area contributed by atoms with E-state index >= 15 is 0 Å². The van der Waals surface area contributed by atoms with Crippen molar-refractivity contribution in [3.8, 4) is 5.88 Å². The Morgan fingerprint density at radius 1 is 0.877 bits per heavy atom. The van der Waals surface area contributed by atoms with Crippen LogP contribution < -0.4 is 20.3 Å². The molecule has 2 aromatic heterocycles. The van der Waals surface area contributed by atoms with E-state index in [1.807, 2.05) is 14.7 Å². The molecule has 65 heavy (non-hydrogen) atoms. The predicted octanol–water partition coefficient (Wildman–Crippen LogP) is 3.57. The summed E-state index contributed by atoms with van der Waals surface area (Å²) >= 11 is 0. The quantitative estimate of drug-likeness (QED) is 0.335. The highest BCUT2D eigenvalue weighted by atomic mass is 19.4. The topological polar surface area (TPSA) is 172 Å². The largest absolute Gasteiger partial charge is 0.481 e. The maximum atomic E-state index is 13.8. The minimum atomic E-state index is -4.61. The maximum absolute atomic E-state index is 13.8. The lowest BCUT2D eigenvalue weighted by Gasteiger charge is -2.41. The van der Waals surface area contributed by atoms with Gasteiger partial charge in [0.15, 0.2) is 0 Å². The number of aliphatic hydroxyl groups excluding tert-OH is 1. The molecule has 6 aliphatic heterocycles. The number of amidine groups is 1. The summed E-state index contributed by atoms with van der Waals surface area (Å²) in [5.41, 5.74) is 1.09. The zero-order valence-electron chi connectivity index (χ0n) is 37.2. The molecule has 352 valence electrons. The predicted molar refractivity (Wildman–Crippen MR) is 236 cm³/mol. The van der Waals surface area contributed by atoms with Gasteiger partial charge in [-0.05, 0) is 69.4 Å². The van der Waals surface area contributed by atoms with Gasteiger partial charge < -0.3 is 40.1 Å². The van der Waals surface area contributed by atoms with Crippen molar-refractivity contribution in [2.75, 3.05) is 89.3 Å². The number of aliphatic imine (C=N–C) groups is 1. The van der Waals surface area contributed by atoms with Gasteiger partial charge in [-0.1, -0.05) is 6.08 Å². The molecule has 8 heterocycles. The summed E-state index contributed by atoms with van der Waals surface area (Å²) in [5, 5.41) is 16.5. The average Bonchev–Trinajstić information content (AvgIpc) is 3.80. The van der Waals surface area contributed by atoms with Crippen molar-refractivity contribution < 1.29 is 37.4 Å². The summed E-state index contributed by atoms with van der Waals surface area (Å²) in [6, 6.07) is 1.04. The number of piperazine rings is 1. The second-order valence-electron chi connectivity index (χ2n) is 19.0. The minimum Gasteiger partial charge on any atom is -0.481 e. The lowest BCUT2D eigenvalue weighted by Crippen LogP contribution is -2.52. The van der Waals surface area contributed by atoms with Gasteiger partial charge in [-0.15, -0.1) is 0 Å². The number of likely N-dealkylation sites (tertiary alicyclic amines) is 2. The van der Waals surface area contributed by atoms with Gasteiger partial charge >= 0.3 is 6.18 Å². The van der Waals surface area contributed by atoms with Crippen LogP contribution in [0.1, 0.15) is 74.6 Å². The maximum Gasteiger partial charge on any atom is 0.421 e. The monoisotopic (exact) mass is 905 g/mol. The number of aliphatic hydroxyl groups is 1. The Labute approximate surface area is 378 Å². The molecule has 3 unspecified atom stereocenters. The number of ether oxygens (including phenoxy) is 1. The normalized spacial score (nSPS) is 28.1. The number of amides is 3. The van der Waals surface area contributed by atoms with Crippen molar-refractivity contribution in [2.45, 2.75) is 89.2 Å². The Hall–Kier alpha value is -5.04. The number of hydrogen-bond donors (Lipinski definition) is 3. The molecule has 0 radical (unpaired) electrons. The smallest absolute Gasteiger partial charge is 0.421 e. The highest BCUT2D eigenvalue weighted by Gasteiger charge is 2.39. The van der Waals surface area contributed by atoms with Crippen LogP contribution in [0.2, 0.25) is 0 Å². The van der Waals surface area contributed by atoms with Crippen LogP contribution in [0.5, 0.6) is 5.88 Å². The number of rotatable bonds is 9. The number of fused-ring (bicyclic) bond motifs is 1. The summed E-state index contributed by atoms with van der Waals surface area (Å²) in [5.74, 6) is 2.09. The van der Waals surface area contributed by atoms with E-state index in [1.54, 1.807) is 0 Å². The average molecular weight is 906 g/mol. The number of pyridine rings is 1. The van der Waals surface area contributed by atoms with Crippen molar-refractivity contribution in [3.63, 3.8) is 0 Å². The second-order valence-corrected chi connectivity index (χ2v) is 19.0. The van der Waals surface area contributed by atoms with Crippen LogP contribution >= 0.6 is 0 Å². The third-order valence-electron chi connectivity index (χ3n) is 15.0. The molecule has 7 aliphatic rings. The number of alkyl halides is 3. The number of halogens is 3. The number of carbonyl (C=O) groups is 3. The van der Waals surface area contributed by atoms with Crippen LogP contribution in [0, 0.1) is 29.6 Å². The first-order valence-electron chi connectivity index (χ1n) is 23.6. The number of anilines is 2. The fourth-order valence-corrected chi connectivity index (χ4v) is 11.2. The molecule has 3 N–H and O–H groups in total. The molecule has 0 bridgehead atoms. The molecule has 4 saturated heterocycles. The Morgan fingerprint density at radius 2 is 1.62 bits per heavy atom. The number of carbonyl (C=O) groups excluding carboxylic acids is 3. The Balaban J connectivity index is 0.682. The fraction of sp³-hybridized carbons (Fsp3) is 0.674. The van der Waals surface area contributed by atoms with E-state index in [4.69, 9.17) is 9.73 Å². The lowest BCUT2D eigenvalue weighted by molar-refractivity contribution is -0.142. The first kappa shape index (κ1) is 45.1. The van der Waals surface area contributed by atoms with E-state index in [1.165, 1.54) is 19.6 Å². The first-order chi connectivity index (χ1) is 31.4. The van der Waals surface area contributed by atoms with E-state index in [9.17, 15) is 32.7 Å². The van der Waals surface area contributed by atoms with Gasteiger partial charge in [0.1, 0.15) is 29.8 Å². The van der Waals surface area contributed by atoms with Crippen LogP contribution in [0.4, 0.5) is 24.7 Å². The molecule has 2 aromatic rings. The van der Waals surface area contributed by atoms with E-state index in [0.29, 0.717) is 82.3 Å². The molecule has 0 aromatic carbocycles. The molecule has 1 saturated carbocycles. The molecule has 5 fully saturated rings. The number of dihydropyridines is 1. The van der Waals surface area contributed by atoms with Crippen LogP contribution in [-0.2, 0) is 33.5 Å². The van der Waals surface area contributed by atoms with E-state index in [0.717, 1.165) is 101 Å². The Bertz CT molecular complexity index is 2120. The third kappa shape index (κ3) is 10.2. The number of nitrogens with one attached hydrogen (secondary N) is 2. The van der Waals surface area contributed by atoms with Crippen molar-refractivity contribution in [1.82, 2.24) is 39.9 Å². The van der Waals surface area contributed by atoms with Crippen molar-refractivity contribution in [3.05, 3.63) is 47.6 Å². The van der Waals surface area contributed by atoms with Crippen LogP contribution in [0.3, 0.4) is 0 Å². The number of aromatic nitrogens is 3. The summed E-state index contributed by atoms with van der Waals surface area (Å²) in [7, 11) is 1.17. The van der Waals surface area contributed by atoms with E-state index in [2.05, 4.69) is 47.5 Å². The summed E-state index contributed by atoms with van der Waals surface area (Å²) < 4.78 is 46.2. The zero-order valence-corrected chi connectivity index (χ0v) is 37.2. The van der Waals surface area contributed by atoms with Gasteiger partial charge in [0, 0.05) is 127 Å². The fourth-order valence-electron chi connectivity index (χ4n) is 11.2. The minimum absolute atomic E-state index is 0.00271. The zero-order chi connectivity index (χ0) is 45.2. The van der Waals surface area contributed by atoms with Gasteiger partial charge in [-0.2, -0.15) is 13.2 Å². The van der Waals surface area contributed by atoms with Gasteiger partial charge in [-0.25, -0.2) is 15.0 Å². The highest BCUT2D eigenvalue weighted by Crippen LogP contribution is 2.39. The molecule has 1 aliphatic carbocycles. The molecule has 19 heteroatoms. The summed E-state index contributed by atoms with van der Waals surface area (Å²) in [6.07, 6.45) is 9.24. The van der Waals surface area contributed by atoms with Crippen LogP contribution in [0.25, 0.3) is 0 Å². The summed E-state index contributed by atoms with van der Waals surface area (Å²) in [6.45, 7) is 8.81.